The highest BCUT2D eigenvalue weighted by Crippen LogP contribution is 2.26. The number of carbonyl (C=O) groups excluding carboxylic acids is 1. The molecule has 1 aromatic rings. The number of carboxylic acid groups (broad SMARTS) is 1. The highest BCUT2D eigenvalue weighted by molar-refractivity contribution is 5.92. The van der Waals surface area contributed by atoms with E-state index in [9.17, 15) is 14.0 Å². The molecule has 1 N–H and O–H groups in total. The van der Waals surface area contributed by atoms with Crippen LogP contribution in [0.1, 0.15) is 13.8 Å². The van der Waals surface area contributed by atoms with E-state index in [4.69, 9.17) is 5.11 Å². The van der Waals surface area contributed by atoms with Gasteiger partial charge in [0.1, 0.15) is 5.82 Å². The predicted octanol–water partition coefficient (Wildman–Crippen LogP) is 2.42. The highest BCUT2D eigenvalue weighted by Gasteiger charge is 2.38. The summed E-state index contributed by atoms with van der Waals surface area (Å²) in [4.78, 5) is 26.7. The van der Waals surface area contributed by atoms with Crippen LogP contribution in [0.15, 0.2) is 24.3 Å². The second kappa shape index (κ2) is 6.11. The normalized spacial score (nSPS) is 21.4. The Kier molecular flexibility index (Phi) is 4.45. The number of nitrogens with zero attached hydrogens (tertiary/aromatic N) is 2. The summed E-state index contributed by atoms with van der Waals surface area (Å²) in [5, 5.41) is 9.13. The van der Waals surface area contributed by atoms with Gasteiger partial charge in [0.2, 0.25) is 0 Å². The predicted molar refractivity (Wildman–Crippen MR) is 76.7 cm³/mol. The second-order valence-corrected chi connectivity index (χ2v) is 5.33. The fourth-order valence-electron chi connectivity index (χ4n) is 2.69. The Bertz CT molecular complexity index is 549. The molecule has 0 saturated carbocycles. The molecule has 2 amide bonds. The Morgan fingerprint density at radius 1 is 1.43 bits per heavy atom. The van der Waals surface area contributed by atoms with E-state index in [0.29, 0.717) is 18.8 Å². The number of likely N-dealkylation sites (tertiary alicyclic amines) is 1. The van der Waals surface area contributed by atoms with Gasteiger partial charge < -0.3 is 10.0 Å². The van der Waals surface area contributed by atoms with Gasteiger partial charge in [0.25, 0.3) is 0 Å². The van der Waals surface area contributed by atoms with Crippen molar-refractivity contribution in [3.8, 4) is 0 Å². The van der Waals surface area contributed by atoms with Gasteiger partial charge in [-0.15, -0.1) is 0 Å². The van der Waals surface area contributed by atoms with Crippen LogP contribution in [-0.4, -0.2) is 41.6 Å². The number of urea groups is 1. The molecule has 1 aliphatic heterocycles. The first-order valence-electron chi connectivity index (χ1n) is 6.98. The van der Waals surface area contributed by atoms with Gasteiger partial charge in [-0.3, -0.25) is 9.69 Å². The third-order valence-electron chi connectivity index (χ3n) is 3.87. The van der Waals surface area contributed by atoms with Crippen molar-refractivity contribution in [2.45, 2.75) is 13.8 Å². The van der Waals surface area contributed by atoms with Crippen LogP contribution >= 0.6 is 0 Å². The Labute approximate surface area is 123 Å². The Hall–Kier alpha value is -2.11. The first kappa shape index (κ1) is 15.3. The summed E-state index contributed by atoms with van der Waals surface area (Å²) in [5.41, 5.74) is 0.480. The molecule has 0 spiro atoms. The van der Waals surface area contributed by atoms with Gasteiger partial charge in [0.15, 0.2) is 0 Å². The van der Waals surface area contributed by atoms with E-state index in [2.05, 4.69) is 0 Å². The van der Waals surface area contributed by atoms with Crippen LogP contribution in [-0.2, 0) is 4.79 Å². The number of hydrogen-bond acceptors (Lipinski definition) is 2. The molecule has 0 aromatic heterocycles. The van der Waals surface area contributed by atoms with Gasteiger partial charge in [-0.25, -0.2) is 9.18 Å². The molecule has 2 atom stereocenters. The molecule has 5 nitrogen and oxygen atoms in total. The summed E-state index contributed by atoms with van der Waals surface area (Å²) in [7, 11) is 0. The van der Waals surface area contributed by atoms with Gasteiger partial charge in [-0.05, 0) is 31.0 Å². The maximum atomic E-state index is 13.3. The largest absolute Gasteiger partial charge is 0.481 e. The molecule has 1 aliphatic rings. The molecule has 1 fully saturated rings. The van der Waals surface area contributed by atoms with Crippen molar-refractivity contribution in [1.82, 2.24) is 4.90 Å². The number of hydrogen-bond donors (Lipinski definition) is 1. The Morgan fingerprint density at radius 3 is 2.67 bits per heavy atom. The maximum Gasteiger partial charge on any atom is 0.324 e. The number of carboxylic acids is 1. The summed E-state index contributed by atoms with van der Waals surface area (Å²) in [5.74, 6) is -1.92. The number of benzene rings is 1. The molecule has 0 unspecified atom stereocenters. The van der Waals surface area contributed by atoms with Crippen molar-refractivity contribution in [2.24, 2.45) is 11.8 Å². The van der Waals surface area contributed by atoms with Crippen molar-refractivity contribution in [3.05, 3.63) is 30.1 Å². The van der Waals surface area contributed by atoms with Crippen LogP contribution in [0.3, 0.4) is 0 Å². The van der Waals surface area contributed by atoms with E-state index in [-0.39, 0.29) is 18.5 Å². The zero-order valence-electron chi connectivity index (χ0n) is 12.1. The lowest BCUT2D eigenvalue weighted by molar-refractivity contribution is -0.142. The first-order valence-corrected chi connectivity index (χ1v) is 6.98. The van der Waals surface area contributed by atoms with E-state index < -0.39 is 17.7 Å². The number of amides is 2. The third-order valence-corrected chi connectivity index (χ3v) is 3.87. The van der Waals surface area contributed by atoms with Crippen molar-refractivity contribution < 1.29 is 19.1 Å². The maximum absolute atomic E-state index is 13.3. The monoisotopic (exact) mass is 294 g/mol. The number of halogens is 1. The molecule has 1 aromatic carbocycles. The van der Waals surface area contributed by atoms with Crippen LogP contribution < -0.4 is 4.90 Å². The molecule has 6 heteroatoms. The minimum absolute atomic E-state index is 0.0855. The van der Waals surface area contributed by atoms with E-state index >= 15 is 0 Å². The molecular weight excluding hydrogens is 275 g/mol. The Balaban J connectivity index is 2.16. The zero-order chi connectivity index (χ0) is 15.6. The molecule has 21 heavy (non-hydrogen) atoms. The first-order chi connectivity index (χ1) is 9.93. The van der Waals surface area contributed by atoms with Crippen LogP contribution in [0.25, 0.3) is 0 Å². The molecule has 0 aliphatic carbocycles. The van der Waals surface area contributed by atoms with Crippen molar-refractivity contribution in [2.75, 3.05) is 24.5 Å². The summed E-state index contributed by atoms with van der Waals surface area (Å²) in [6, 6.07) is 5.56. The minimum atomic E-state index is -0.883. The van der Waals surface area contributed by atoms with E-state index in [0.717, 1.165) is 0 Å². The quantitative estimate of drug-likeness (QED) is 0.931. The third kappa shape index (κ3) is 3.15. The number of aliphatic carboxylic acids is 1. The van der Waals surface area contributed by atoms with Crippen LogP contribution in [0, 0.1) is 17.7 Å². The average Bonchev–Trinajstić information content (AvgIpc) is 2.82. The average molecular weight is 294 g/mol. The lowest BCUT2D eigenvalue weighted by Crippen LogP contribution is -2.42. The zero-order valence-corrected chi connectivity index (χ0v) is 12.1. The van der Waals surface area contributed by atoms with E-state index in [1.165, 1.54) is 21.9 Å². The molecule has 1 saturated heterocycles. The van der Waals surface area contributed by atoms with Gasteiger partial charge in [0.05, 0.1) is 5.92 Å². The smallest absolute Gasteiger partial charge is 0.324 e. The summed E-state index contributed by atoms with van der Waals surface area (Å²) < 4.78 is 13.3. The van der Waals surface area contributed by atoms with Crippen molar-refractivity contribution >= 4 is 17.7 Å². The standard InChI is InChI=1S/C15H19FN2O3/c1-3-18(12-6-4-5-11(16)7-12)15(21)17-8-10(2)13(9-17)14(19)20/h4-7,10,13H,3,8-9H2,1-2H3,(H,19,20)/t10-,13-/m1/s1. The highest BCUT2D eigenvalue weighted by atomic mass is 19.1. The SMILES string of the molecule is CCN(C(=O)N1C[C@@H](C)[C@H](C(=O)O)C1)c1cccc(F)c1. The number of rotatable bonds is 3. The van der Waals surface area contributed by atoms with Gasteiger partial charge in [-0.2, -0.15) is 0 Å². The van der Waals surface area contributed by atoms with Gasteiger partial charge in [-0.1, -0.05) is 13.0 Å². The van der Waals surface area contributed by atoms with Crippen LogP contribution in [0.5, 0.6) is 0 Å². The molecule has 1 heterocycles. The summed E-state index contributed by atoms with van der Waals surface area (Å²) >= 11 is 0. The van der Waals surface area contributed by atoms with Gasteiger partial charge in [0, 0.05) is 25.3 Å². The van der Waals surface area contributed by atoms with Crippen molar-refractivity contribution in [1.29, 1.82) is 0 Å². The fraction of sp³-hybridized carbons (Fsp3) is 0.467. The summed E-state index contributed by atoms with van der Waals surface area (Å²) in [6.07, 6.45) is 0. The molecule has 2 rings (SSSR count). The van der Waals surface area contributed by atoms with E-state index in [1.807, 2.05) is 6.92 Å². The fourth-order valence-corrected chi connectivity index (χ4v) is 2.69. The van der Waals surface area contributed by atoms with Crippen LogP contribution in [0.2, 0.25) is 0 Å². The molecule has 0 bridgehead atoms. The van der Waals surface area contributed by atoms with Crippen LogP contribution in [0.4, 0.5) is 14.9 Å². The lowest BCUT2D eigenvalue weighted by Gasteiger charge is -2.27. The summed E-state index contributed by atoms with van der Waals surface area (Å²) in [6.45, 7) is 4.62. The van der Waals surface area contributed by atoms with E-state index in [1.54, 1.807) is 19.1 Å². The number of anilines is 1. The van der Waals surface area contributed by atoms with Gasteiger partial charge >= 0.3 is 12.0 Å². The minimum Gasteiger partial charge on any atom is -0.481 e. The topological polar surface area (TPSA) is 60.9 Å². The molecule has 114 valence electrons. The molecule has 0 radical (unpaired) electrons. The molecular formula is C15H19FN2O3. The Morgan fingerprint density at radius 2 is 2.14 bits per heavy atom. The number of carbonyl (C=O) groups is 2. The lowest BCUT2D eigenvalue weighted by atomic mass is 9.99. The van der Waals surface area contributed by atoms with Crippen molar-refractivity contribution in [3.63, 3.8) is 0 Å². The second-order valence-electron chi connectivity index (χ2n) is 5.33.